The van der Waals surface area contributed by atoms with E-state index in [1.54, 1.807) is 17.5 Å². The first kappa shape index (κ1) is 14.4. The molecule has 0 bridgehead atoms. The third-order valence-corrected chi connectivity index (χ3v) is 4.76. The van der Waals surface area contributed by atoms with Crippen LogP contribution < -0.4 is 4.74 Å². The minimum absolute atomic E-state index is 0.0920. The second-order valence-electron chi connectivity index (χ2n) is 4.48. The zero-order chi connectivity index (χ0) is 15.1. The van der Waals surface area contributed by atoms with Crippen molar-refractivity contribution in [3.8, 4) is 5.75 Å². The molecule has 0 spiro atoms. The molecule has 1 unspecified atom stereocenters. The topological polar surface area (TPSA) is 63.6 Å². The fourth-order valence-corrected chi connectivity index (χ4v) is 3.43. The third-order valence-electron chi connectivity index (χ3n) is 3.18. The molecule has 1 aliphatic heterocycles. The highest BCUT2D eigenvalue weighted by molar-refractivity contribution is 7.12. The first-order valence-corrected chi connectivity index (χ1v) is 7.61. The first-order chi connectivity index (χ1) is 9.99. The molecule has 3 rings (SSSR count). The molecule has 108 valence electrons. The average Bonchev–Trinajstić information content (AvgIpc) is 3.10. The fraction of sp³-hybridized carbons (Fsp3) is 0.143. The van der Waals surface area contributed by atoms with Crippen LogP contribution in [0.15, 0.2) is 23.6 Å². The number of hydrogen-bond acceptors (Lipinski definition) is 4. The van der Waals surface area contributed by atoms with Gasteiger partial charge in [0.05, 0.1) is 14.9 Å². The maximum absolute atomic E-state index is 12.4. The van der Waals surface area contributed by atoms with E-state index in [1.807, 2.05) is 0 Å². The van der Waals surface area contributed by atoms with Gasteiger partial charge in [-0.2, -0.15) is 0 Å². The average molecular weight is 343 g/mol. The summed E-state index contributed by atoms with van der Waals surface area (Å²) in [5.41, 5.74) is 0.731. The van der Waals surface area contributed by atoms with Gasteiger partial charge in [-0.15, -0.1) is 11.3 Å². The van der Waals surface area contributed by atoms with Crippen LogP contribution in [0.3, 0.4) is 0 Å². The Morgan fingerprint density at radius 1 is 1.38 bits per heavy atom. The highest BCUT2D eigenvalue weighted by Crippen LogP contribution is 2.43. The molecular weight excluding hydrogens is 335 g/mol. The molecule has 21 heavy (non-hydrogen) atoms. The molecule has 1 atom stereocenters. The number of carbonyl (C=O) groups is 2. The van der Waals surface area contributed by atoms with Gasteiger partial charge in [-0.25, -0.2) is 4.79 Å². The van der Waals surface area contributed by atoms with E-state index >= 15 is 0 Å². The maximum atomic E-state index is 12.4. The van der Waals surface area contributed by atoms with Gasteiger partial charge in [-0.3, -0.25) is 4.79 Å². The molecule has 4 nitrogen and oxygen atoms in total. The Hall–Kier alpha value is -1.56. The molecule has 2 heterocycles. The Morgan fingerprint density at radius 3 is 2.76 bits per heavy atom. The van der Waals surface area contributed by atoms with Crippen molar-refractivity contribution in [1.82, 2.24) is 0 Å². The van der Waals surface area contributed by atoms with Crippen LogP contribution >= 0.6 is 34.5 Å². The van der Waals surface area contributed by atoms with Crippen molar-refractivity contribution in [2.45, 2.75) is 12.5 Å². The summed E-state index contributed by atoms with van der Waals surface area (Å²) in [4.78, 5) is 24.0. The van der Waals surface area contributed by atoms with Gasteiger partial charge in [0.25, 0.3) is 0 Å². The Morgan fingerprint density at radius 2 is 2.14 bits per heavy atom. The van der Waals surface area contributed by atoms with Crippen molar-refractivity contribution in [3.05, 3.63) is 49.6 Å². The molecule has 0 saturated carbocycles. The van der Waals surface area contributed by atoms with Crippen molar-refractivity contribution in [1.29, 1.82) is 0 Å². The summed E-state index contributed by atoms with van der Waals surface area (Å²) in [6, 6.07) is 4.89. The third kappa shape index (κ3) is 2.41. The van der Waals surface area contributed by atoms with E-state index in [2.05, 4.69) is 0 Å². The van der Waals surface area contributed by atoms with Crippen molar-refractivity contribution in [2.75, 3.05) is 0 Å². The zero-order valence-corrected chi connectivity index (χ0v) is 12.8. The smallest absolute Gasteiger partial charge is 0.345 e. The number of halogens is 2. The van der Waals surface area contributed by atoms with Crippen LogP contribution in [-0.4, -0.2) is 23.0 Å². The number of ketones is 1. The minimum Gasteiger partial charge on any atom is -0.478 e. The summed E-state index contributed by atoms with van der Waals surface area (Å²) in [6.45, 7) is 0. The monoisotopic (exact) mass is 342 g/mol. The predicted molar refractivity (Wildman–Crippen MR) is 80.0 cm³/mol. The van der Waals surface area contributed by atoms with Crippen LogP contribution in [0.1, 0.15) is 20.8 Å². The van der Waals surface area contributed by atoms with Crippen molar-refractivity contribution >= 4 is 46.3 Å². The van der Waals surface area contributed by atoms with Gasteiger partial charge in [0.1, 0.15) is 5.75 Å². The molecule has 1 aromatic heterocycles. The summed E-state index contributed by atoms with van der Waals surface area (Å²) < 4.78 is 5.28. The SMILES string of the molecule is O=C(c1cccs1)c1cc(Cl)c2c(c1Cl)CC(C(=O)O)O2. The van der Waals surface area contributed by atoms with Crippen molar-refractivity contribution in [2.24, 2.45) is 0 Å². The summed E-state index contributed by atoms with van der Waals surface area (Å²) in [7, 11) is 0. The van der Waals surface area contributed by atoms with Crippen LogP contribution in [0.25, 0.3) is 0 Å². The van der Waals surface area contributed by atoms with Gasteiger partial charge in [-0.1, -0.05) is 29.3 Å². The lowest BCUT2D eigenvalue weighted by Crippen LogP contribution is -2.24. The van der Waals surface area contributed by atoms with E-state index in [1.165, 1.54) is 17.4 Å². The molecular formula is C14H8Cl2O4S. The predicted octanol–water partition coefficient (Wildman–Crippen LogP) is 3.67. The van der Waals surface area contributed by atoms with E-state index in [-0.39, 0.29) is 33.6 Å². The molecule has 0 aliphatic carbocycles. The van der Waals surface area contributed by atoms with Gasteiger partial charge in [0.2, 0.25) is 5.78 Å². The molecule has 0 saturated heterocycles. The number of carbonyl (C=O) groups excluding carboxylic acids is 1. The fourth-order valence-electron chi connectivity index (χ4n) is 2.18. The Kier molecular flexibility index (Phi) is 3.65. The lowest BCUT2D eigenvalue weighted by atomic mass is 10.0. The van der Waals surface area contributed by atoms with E-state index in [4.69, 9.17) is 33.0 Å². The number of hydrogen-bond donors (Lipinski definition) is 1. The standard InChI is InChI=1S/C14H8Cl2O4S/c15-8-4-6(12(17)10-2-1-3-21-10)11(16)7-5-9(14(18)19)20-13(7)8/h1-4,9H,5H2,(H,18,19). The highest BCUT2D eigenvalue weighted by atomic mass is 35.5. The quantitative estimate of drug-likeness (QED) is 0.864. The molecule has 2 aromatic rings. The Bertz CT molecular complexity index is 740. The number of carboxylic acid groups (broad SMARTS) is 1. The largest absolute Gasteiger partial charge is 0.478 e. The van der Waals surface area contributed by atoms with Gasteiger partial charge in [0, 0.05) is 17.5 Å². The summed E-state index contributed by atoms with van der Waals surface area (Å²) in [5.74, 6) is -1.08. The Labute approximate surface area is 133 Å². The molecule has 1 aromatic carbocycles. The summed E-state index contributed by atoms with van der Waals surface area (Å²) >= 11 is 13.7. The summed E-state index contributed by atoms with van der Waals surface area (Å²) in [5, 5.41) is 11.2. The number of aliphatic carboxylic acids is 1. The maximum Gasteiger partial charge on any atom is 0.345 e. The number of fused-ring (bicyclic) bond motifs is 1. The molecule has 0 amide bonds. The van der Waals surface area contributed by atoms with Crippen molar-refractivity contribution < 1.29 is 19.4 Å². The van der Waals surface area contributed by atoms with Gasteiger partial charge < -0.3 is 9.84 Å². The number of benzene rings is 1. The van der Waals surface area contributed by atoms with E-state index in [9.17, 15) is 9.59 Å². The highest BCUT2D eigenvalue weighted by Gasteiger charge is 2.34. The normalized spacial score (nSPS) is 16.4. The number of rotatable bonds is 3. The van der Waals surface area contributed by atoms with E-state index in [0.717, 1.165) is 0 Å². The van der Waals surface area contributed by atoms with Crippen LogP contribution in [0.4, 0.5) is 0 Å². The van der Waals surface area contributed by atoms with Crippen molar-refractivity contribution in [3.63, 3.8) is 0 Å². The van der Waals surface area contributed by atoms with Gasteiger partial charge in [-0.05, 0) is 17.5 Å². The summed E-state index contributed by atoms with van der Waals surface area (Å²) in [6.07, 6.45) is -0.934. The second kappa shape index (κ2) is 5.33. The molecule has 1 aliphatic rings. The Balaban J connectivity index is 2.07. The zero-order valence-electron chi connectivity index (χ0n) is 10.4. The first-order valence-electron chi connectivity index (χ1n) is 5.97. The number of ether oxygens (including phenoxy) is 1. The van der Waals surface area contributed by atoms with Crippen LogP contribution in [-0.2, 0) is 11.2 Å². The number of thiophene rings is 1. The van der Waals surface area contributed by atoms with Gasteiger partial charge in [0.15, 0.2) is 6.10 Å². The van der Waals surface area contributed by atoms with Gasteiger partial charge >= 0.3 is 5.97 Å². The van der Waals surface area contributed by atoms with Crippen LogP contribution in [0.2, 0.25) is 10.0 Å². The second-order valence-corrected chi connectivity index (χ2v) is 6.22. The lowest BCUT2D eigenvalue weighted by Gasteiger charge is -2.09. The van der Waals surface area contributed by atoms with E-state index in [0.29, 0.717) is 10.4 Å². The number of carboxylic acids is 1. The molecule has 1 N–H and O–H groups in total. The molecule has 0 fully saturated rings. The lowest BCUT2D eigenvalue weighted by molar-refractivity contribution is -0.144. The van der Waals surface area contributed by atoms with Crippen LogP contribution in [0, 0.1) is 0 Å². The van der Waals surface area contributed by atoms with E-state index < -0.39 is 12.1 Å². The minimum atomic E-state index is -1.09. The van der Waals surface area contributed by atoms with Crippen LogP contribution in [0.5, 0.6) is 5.75 Å². The molecule has 0 radical (unpaired) electrons. The molecule has 7 heteroatoms.